The number of halogens is 3. The number of benzene rings is 2. The molecule has 43 heavy (non-hydrogen) atoms. The van der Waals surface area contributed by atoms with Crippen LogP contribution in [0.1, 0.15) is 5.56 Å². The molecule has 1 fully saturated rings. The number of piperazine rings is 1. The van der Waals surface area contributed by atoms with E-state index in [0.717, 1.165) is 22.7 Å². The average molecular weight is 643 g/mol. The zero-order chi connectivity index (χ0) is 31.1. The van der Waals surface area contributed by atoms with Gasteiger partial charge in [0.25, 0.3) is 10.0 Å². The largest absolute Gasteiger partial charge is 0.474 e. The summed E-state index contributed by atoms with van der Waals surface area (Å²) in [5.41, 5.74) is 1.70. The van der Waals surface area contributed by atoms with Gasteiger partial charge in [-0.05, 0) is 53.9 Å². The first-order chi connectivity index (χ1) is 20.3. The monoisotopic (exact) mass is 642 g/mol. The lowest BCUT2D eigenvalue weighted by Crippen LogP contribution is -2.61. The van der Waals surface area contributed by atoms with Crippen LogP contribution in [-0.4, -0.2) is 89.5 Å². The van der Waals surface area contributed by atoms with E-state index in [1.807, 2.05) is 4.90 Å². The number of pyridine rings is 1. The summed E-state index contributed by atoms with van der Waals surface area (Å²) in [6.45, 7) is -1.77. The van der Waals surface area contributed by atoms with Gasteiger partial charge in [-0.1, -0.05) is 6.07 Å². The SMILES string of the molecule is Cc1cnc(OCCO)c(S(=O)(=O)N2C[C@@H]3CN(S(C)(=O)=O)CCN3c3ccc(-c4cc(F)cc(OC(F)F)c4)cc32)c1. The number of ether oxygens (including phenoxy) is 2. The number of fused-ring (bicyclic) bond motifs is 3. The zero-order valence-corrected chi connectivity index (χ0v) is 24.8. The first-order valence-corrected chi connectivity index (χ1v) is 16.4. The van der Waals surface area contributed by atoms with Crippen molar-refractivity contribution in [3.63, 3.8) is 0 Å². The lowest BCUT2D eigenvalue weighted by atomic mass is 10.0. The van der Waals surface area contributed by atoms with Crippen molar-refractivity contribution in [1.29, 1.82) is 0 Å². The number of hydrogen-bond acceptors (Lipinski definition) is 9. The minimum Gasteiger partial charge on any atom is -0.474 e. The maximum absolute atomic E-state index is 14.4. The van der Waals surface area contributed by atoms with E-state index in [0.29, 0.717) is 16.8 Å². The number of aryl methyl sites for hydroxylation is 1. The van der Waals surface area contributed by atoms with Crippen molar-refractivity contribution in [3.8, 4) is 22.8 Å². The van der Waals surface area contributed by atoms with E-state index in [4.69, 9.17) is 4.74 Å². The molecule has 2 aromatic carbocycles. The fourth-order valence-corrected chi connectivity index (χ4v) is 7.78. The fraction of sp³-hybridized carbons (Fsp3) is 0.370. The predicted octanol–water partition coefficient (Wildman–Crippen LogP) is 2.83. The maximum Gasteiger partial charge on any atom is 0.387 e. The summed E-state index contributed by atoms with van der Waals surface area (Å²) >= 11 is 0. The molecular weight excluding hydrogens is 613 g/mol. The summed E-state index contributed by atoms with van der Waals surface area (Å²) in [4.78, 5) is 5.77. The molecule has 0 aliphatic carbocycles. The van der Waals surface area contributed by atoms with Crippen LogP contribution in [0.25, 0.3) is 11.1 Å². The third-order valence-electron chi connectivity index (χ3n) is 7.13. The molecule has 1 saturated heterocycles. The molecule has 16 heteroatoms. The Morgan fingerprint density at radius 3 is 2.49 bits per heavy atom. The third-order valence-corrected chi connectivity index (χ3v) is 10.2. The topological polar surface area (TPSA) is 130 Å². The Hall–Kier alpha value is -3.60. The highest BCUT2D eigenvalue weighted by molar-refractivity contribution is 7.93. The summed E-state index contributed by atoms with van der Waals surface area (Å²) < 4.78 is 106. The van der Waals surface area contributed by atoms with Crippen molar-refractivity contribution < 1.29 is 44.6 Å². The van der Waals surface area contributed by atoms with Crippen LogP contribution >= 0.6 is 0 Å². The first-order valence-electron chi connectivity index (χ1n) is 13.1. The van der Waals surface area contributed by atoms with Crippen LogP contribution in [0, 0.1) is 12.7 Å². The average Bonchev–Trinajstić information content (AvgIpc) is 2.94. The van der Waals surface area contributed by atoms with E-state index in [9.17, 15) is 35.1 Å². The smallest absolute Gasteiger partial charge is 0.387 e. The predicted molar refractivity (Wildman–Crippen MR) is 152 cm³/mol. The Bertz CT molecular complexity index is 1740. The van der Waals surface area contributed by atoms with Gasteiger partial charge in [0, 0.05) is 31.9 Å². The highest BCUT2D eigenvalue weighted by atomic mass is 32.2. The molecule has 11 nitrogen and oxygen atoms in total. The summed E-state index contributed by atoms with van der Waals surface area (Å²) in [5, 5.41) is 9.25. The molecule has 2 aliphatic rings. The van der Waals surface area contributed by atoms with Crippen LogP contribution in [0.4, 0.5) is 24.5 Å². The van der Waals surface area contributed by atoms with Gasteiger partial charge in [-0.15, -0.1) is 0 Å². The minimum absolute atomic E-state index is 0.0319. The quantitative estimate of drug-likeness (QED) is 0.375. The molecule has 1 N–H and O–H groups in total. The molecule has 1 atom stereocenters. The number of rotatable bonds is 9. The normalized spacial score (nSPS) is 17.5. The van der Waals surface area contributed by atoms with Crippen molar-refractivity contribution in [2.45, 2.75) is 24.5 Å². The molecule has 0 saturated carbocycles. The Labute approximate surface area is 247 Å². The second-order valence-electron chi connectivity index (χ2n) is 10.1. The molecule has 3 heterocycles. The van der Waals surface area contributed by atoms with E-state index in [1.165, 1.54) is 28.7 Å². The summed E-state index contributed by atoms with van der Waals surface area (Å²) in [5.74, 6) is -1.45. The van der Waals surface area contributed by atoms with Gasteiger partial charge in [-0.3, -0.25) is 4.31 Å². The summed E-state index contributed by atoms with van der Waals surface area (Å²) in [6.07, 6.45) is 2.51. The van der Waals surface area contributed by atoms with E-state index in [-0.39, 0.29) is 61.4 Å². The van der Waals surface area contributed by atoms with Crippen LogP contribution in [0.2, 0.25) is 0 Å². The molecule has 5 rings (SSSR count). The zero-order valence-electron chi connectivity index (χ0n) is 23.2. The van der Waals surface area contributed by atoms with E-state index in [2.05, 4.69) is 9.72 Å². The number of aliphatic hydroxyl groups excluding tert-OH is 1. The number of aromatic nitrogens is 1. The minimum atomic E-state index is -4.42. The van der Waals surface area contributed by atoms with Gasteiger partial charge in [0.2, 0.25) is 15.9 Å². The van der Waals surface area contributed by atoms with Crippen LogP contribution < -0.4 is 18.7 Å². The fourth-order valence-electron chi connectivity index (χ4n) is 5.25. The molecule has 0 radical (unpaired) electrons. The van der Waals surface area contributed by atoms with Crippen LogP contribution in [0.15, 0.2) is 53.6 Å². The summed E-state index contributed by atoms with van der Waals surface area (Å²) in [6, 6.07) is 8.70. The standard InChI is InChI=1S/C27H29F3N4O7S2/c1-17-9-25(26(31-14-17)40-8-7-35)43(38,39)34-16-21-15-32(42(2,36)37)5-6-33(21)23-4-3-18(12-24(23)34)19-10-20(28)13-22(11-19)41-27(29)30/h3-4,9-14,21,27,35H,5-8,15-16H2,1-2H3/t21-/m0/s1. The molecule has 0 bridgehead atoms. The van der Waals surface area contributed by atoms with Crippen molar-refractivity contribution in [2.24, 2.45) is 0 Å². The van der Waals surface area contributed by atoms with Gasteiger partial charge < -0.3 is 19.5 Å². The van der Waals surface area contributed by atoms with Gasteiger partial charge >= 0.3 is 6.61 Å². The van der Waals surface area contributed by atoms with E-state index < -0.39 is 44.3 Å². The Morgan fingerprint density at radius 2 is 1.79 bits per heavy atom. The maximum atomic E-state index is 14.4. The van der Waals surface area contributed by atoms with Crippen molar-refractivity contribution in [2.75, 3.05) is 54.9 Å². The van der Waals surface area contributed by atoms with Gasteiger partial charge in [-0.2, -0.15) is 13.1 Å². The second-order valence-corrected chi connectivity index (χ2v) is 14.0. The molecule has 0 spiro atoms. The van der Waals surface area contributed by atoms with Crippen LogP contribution in [-0.2, 0) is 20.0 Å². The van der Waals surface area contributed by atoms with Crippen molar-refractivity contribution >= 4 is 31.4 Å². The molecule has 2 aliphatic heterocycles. The molecule has 0 unspecified atom stereocenters. The van der Waals surface area contributed by atoms with Crippen LogP contribution in [0.5, 0.6) is 11.6 Å². The number of alkyl halides is 2. The molecular formula is C27H29F3N4O7S2. The van der Waals surface area contributed by atoms with Crippen LogP contribution in [0.3, 0.4) is 0 Å². The van der Waals surface area contributed by atoms with Gasteiger partial charge in [0.15, 0.2) is 0 Å². The van der Waals surface area contributed by atoms with Gasteiger partial charge in [0.05, 0.1) is 36.8 Å². The Kier molecular flexibility index (Phi) is 8.48. The Morgan fingerprint density at radius 1 is 1.02 bits per heavy atom. The Balaban J connectivity index is 1.66. The van der Waals surface area contributed by atoms with E-state index in [1.54, 1.807) is 19.1 Å². The number of aliphatic hydroxyl groups is 1. The molecule has 0 amide bonds. The highest BCUT2D eigenvalue weighted by Crippen LogP contribution is 2.43. The molecule has 3 aromatic rings. The number of hydrogen-bond donors (Lipinski definition) is 1. The van der Waals surface area contributed by atoms with Crippen molar-refractivity contribution in [1.82, 2.24) is 9.29 Å². The van der Waals surface area contributed by atoms with Crippen molar-refractivity contribution in [3.05, 3.63) is 60.0 Å². The number of anilines is 2. The lowest BCUT2D eigenvalue weighted by molar-refractivity contribution is -0.0499. The molecule has 1 aromatic heterocycles. The molecule has 232 valence electrons. The second kappa shape index (κ2) is 11.8. The number of nitrogens with zero attached hydrogens (tertiary/aromatic N) is 4. The van der Waals surface area contributed by atoms with E-state index >= 15 is 0 Å². The highest BCUT2D eigenvalue weighted by Gasteiger charge is 2.42. The third kappa shape index (κ3) is 6.37. The number of sulfonamides is 2. The first kappa shape index (κ1) is 30.8. The van der Waals surface area contributed by atoms with Gasteiger partial charge in [0.1, 0.15) is 23.1 Å². The summed E-state index contributed by atoms with van der Waals surface area (Å²) in [7, 11) is -7.98. The van der Waals surface area contributed by atoms with Gasteiger partial charge in [-0.25, -0.2) is 26.2 Å². The lowest BCUT2D eigenvalue weighted by Gasteiger charge is -2.48.